The molecule has 0 fully saturated rings. The van der Waals surface area contributed by atoms with Gasteiger partial charge in [0.2, 0.25) is 0 Å². The molecule has 4 nitrogen and oxygen atoms in total. The first-order chi connectivity index (χ1) is 8.16. The third-order valence-electron chi connectivity index (χ3n) is 2.24. The number of rotatable bonds is 3. The number of benzene rings is 1. The molecule has 1 heterocycles. The highest BCUT2D eigenvalue weighted by atomic mass is 79.9. The van der Waals surface area contributed by atoms with Gasteiger partial charge >= 0.3 is 0 Å². The number of nitrogens with zero attached hydrogens (tertiary/aromatic N) is 1. The standard InChI is InChI=1S/C11H11BrN2O2S.ClH/c12-7-1-2-9(15)8(5-7)10(16)6-17-11-13-3-4-14-11;/h1-2,5,15H,3-4,6H2,(H,13,14);1H. The van der Waals surface area contributed by atoms with Gasteiger partial charge < -0.3 is 10.4 Å². The fraction of sp³-hybridized carbons (Fsp3) is 0.273. The fourth-order valence-electron chi connectivity index (χ4n) is 1.42. The van der Waals surface area contributed by atoms with Crippen LogP contribution in [0.1, 0.15) is 10.4 Å². The van der Waals surface area contributed by atoms with Gasteiger partial charge in [0.25, 0.3) is 0 Å². The van der Waals surface area contributed by atoms with Crippen LogP contribution in [-0.2, 0) is 0 Å². The summed E-state index contributed by atoms with van der Waals surface area (Å²) in [6, 6.07) is 4.83. The van der Waals surface area contributed by atoms with Gasteiger partial charge in [-0.25, -0.2) is 0 Å². The summed E-state index contributed by atoms with van der Waals surface area (Å²) < 4.78 is 0.778. The number of carbonyl (C=O) groups is 1. The number of ketones is 1. The van der Waals surface area contributed by atoms with Gasteiger partial charge in [-0.05, 0) is 18.2 Å². The third-order valence-corrected chi connectivity index (χ3v) is 3.69. The topological polar surface area (TPSA) is 61.7 Å². The number of Topliss-reactive ketones (excluding diaryl/α,β-unsaturated/α-hetero) is 1. The summed E-state index contributed by atoms with van der Waals surface area (Å²) in [6.07, 6.45) is 0. The highest BCUT2D eigenvalue weighted by molar-refractivity contribution is 9.10. The first-order valence-corrected chi connectivity index (χ1v) is 6.87. The Balaban J connectivity index is 0.00000162. The summed E-state index contributed by atoms with van der Waals surface area (Å²) in [5.41, 5.74) is 0.338. The fourth-order valence-corrected chi connectivity index (χ4v) is 2.59. The number of hydrogen-bond acceptors (Lipinski definition) is 5. The lowest BCUT2D eigenvalue weighted by Crippen LogP contribution is -2.17. The maximum absolute atomic E-state index is 11.9. The van der Waals surface area contributed by atoms with Crippen LogP contribution in [0.5, 0.6) is 5.75 Å². The monoisotopic (exact) mass is 350 g/mol. The minimum absolute atomic E-state index is 0. The van der Waals surface area contributed by atoms with Crippen molar-refractivity contribution in [1.82, 2.24) is 5.32 Å². The zero-order valence-electron chi connectivity index (χ0n) is 9.35. The predicted octanol–water partition coefficient (Wildman–Crippen LogP) is 2.45. The molecule has 7 heteroatoms. The van der Waals surface area contributed by atoms with E-state index in [1.54, 1.807) is 12.1 Å². The molecule has 1 aliphatic rings. The van der Waals surface area contributed by atoms with Crippen molar-refractivity contribution < 1.29 is 9.90 Å². The zero-order chi connectivity index (χ0) is 12.3. The van der Waals surface area contributed by atoms with Gasteiger partial charge in [0.05, 0.1) is 17.9 Å². The normalized spacial score (nSPS) is 13.5. The van der Waals surface area contributed by atoms with Crippen LogP contribution in [0.2, 0.25) is 0 Å². The van der Waals surface area contributed by atoms with Crippen LogP contribution in [0.15, 0.2) is 27.7 Å². The number of aromatic hydroxyl groups is 1. The molecule has 0 spiro atoms. The van der Waals surface area contributed by atoms with Crippen LogP contribution in [0, 0.1) is 0 Å². The van der Waals surface area contributed by atoms with Gasteiger partial charge in [0, 0.05) is 11.0 Å². The minimum atomic E-state index is -0.106. The van der Waals surface area contributed by atoms with E-state index in [0.717, 1.165) is 22.7 Å². The number of halogens is 2. The van der Waals surface area contributed by atoms with Crippen LogP contribution >= 0.6 is 40.1 Å². The van der Waals surface area contributed by atoms with Crippen molar-refractivity contribution in [3.05, 3.63) is 28.2 Å². The van der Waals surface area contributed by atoms with Crippen molar-refractivity contribution in [3.63, 3.8) is 0 Å². The molecule has 0 saturated heterocycles. The number of hydrogen-bond donors (Lipinski definition) is 2. The lowest BCUT2D eigenvalue weighted by atomic mass is 10.1. The molecule has 0 aliphatic carbocycles. The average molecular weight is 352 g/mol. The lowest BCUT2D eigenvalue weighted by molar-refractivity contribution is 0.102. The molecule has 0 atom stereocenters. The SMILES string of the molecule is Cl.O=C(CSC1=NCCN1)c1cc(Br)ccc1O. The molecular formula is C11H12BrClN2O2S. The number of phenols is 1. The summed E-state index contributed by atoms with van der Waals surface area (Å²) in [7, 11) is 0. The molecule has 0 bridgehead atoms. The Bertz CT molecular complexity index is 482. The first kappa shape index (κ1) is 15.3. The maximum Gasteiger partial charge on any atom is 0.176 e. The highest BCUT2D eigenvalue weighted by Crippen LogP contribution is 2.23. The molecule has 1 aromatic carbocycles. The van der Waals surface area contributed by atoms with Gasteiger partial charge in [-0.1, -0.05) is 27.7 Å². The quantitative estimate of drug-likeness (QED) is 0.821. The summed E-state index contributed by atoms with van der Waals surface area (Å²) >= 11 is 4.64. The van der Waals surface area contributed by atoms with Gasteiger partial charge in [-0.2, -0.15) is 0 Å². The lowest BCUT2D eigenvalue weighted by Gasteiger charge is -2.04. The Kier molecular flexibility index (Phi) is 5.98. The molecule has 98 valence electrons. The summed E-state index contributed by atoms with van der Waals surface area (Å²) in [5, 5.41) is 13.5. The number of amidine groups is 1. The van der Waals surface area contributed by atoms with E-state index in [9.17, 15) is 9.90 Å². The second-order valence-electron chi connectivity index (χ2n) is 3.49. The first-order valence-electron chi connectivity index (χ1n) is 5.09. The van der Waals surface area contributed by atoms with Crippen molar-refractivity contribution in [1.29, 1.82) is 0 Å². The largest absolute Gasteiger partial charge is 0.507 e. The summed E-state index contributed by atoms with van der Waals surface area (Å²) in [5.74, 6) is 0.181. The number of aliphatic imine (C=N–C) groups is 1. The molecule has 1 aromatic rings. The minimum Gasteiger partial charge on any atom is -0.507 e. The van der Waals surface area contributed by atoms with E-state index in [4.69, 9.17) is 0 Å². The average Bonchev–Trinajstić information content (AvgIpc) is 2.82. The highest BCUT2D eigenvalue weighted by Gasteiger charge is 2.14. The Morgan fingerprint density at radius 1 is 1.56 bits per heavy atom. The van der Waals surface area contributed by atoms with E-state index in [1.807, 2.05) is 0 Å². The van der Waals surface area contributed by atoms with Crippen LogP contribution in [-0.4, -0.2) is 34.9 Å². The van der Waals surface area contributed by atoms with Crippen molar-refractivity contribution in [2.24, 2.45) is 4.99 Å². The number of carbonyl (C=O) groups excluding carboxylic acids is 1. The Morgan fingerprint density at radius 2 is 2.33 bits per heavy atom. The second kappa shape index (κ2) is 7.01. The van der Waals surface area contributed by atoms with Gasteiger partial charge in [0.1, 0.15) is 5.75 Å². The second-order valence-corrected chi connectivity index (χ2v) is 5.37. The Hall–Kier alpha value is -0.720. The van der Waals surface area contributed by atoms with Crippen molar-refractivity contribution in [2.45, 2.75) is 0 Å². The third kappa shape index (κ3) is 3.90. The van der Waals surface area contributed by atoms with Gasteiger partial charge in [-0.3, -0.25) is 9.79 Å². The number of phenolic OH excluding ortho intramolecular Hbond substituents is 1. The molecule has 2 N–H and O–H groups in total. The van der Waals surface area contributed by atoms with Crippen LogP contribution < -0.4 is 5.32 Å². The molecule has 2 rings (SSSR count). The smallest absolute Gasteiger partial charge is 0.176 e. The number of thioether (sulfide) groups is 1. The predicted molar refractivity (Wildman–Crippen MR) is 80.1 cm³/mol. The molecular weight excluding hydrogens is 340 g/mol. The molecule has 0 amide bonds. The Morgan fingerprint density at radius 3 is 3.00 bits per heavy atom. The molecule has 1 aliphatic heterocycles. The van der Waals surface area contributed by atoms with Crippen molar-refractivity contribution >= 4 is 51.0 Å². The van der Waals surface area contributed by atoms with Gasteiger partial charge in [-0.15, -0.1) is 12.4 Å². The molecule has 0 saturated carbocycles. The number of nitrogens with one attached hydrogen (secondary N) is 1. The van der Waals surface area contributed by atoms with Crippen LogP contribution in [0.4, 0.5) is 0 Å². The molecule has 0 aromatic heterocycles. The van der Waals surface area contributed by atoms with E-state index in [2.05, 4.69) is 26.2 Å². The van der Waals surface area contributed by atoms with Gasteiger partial charge in [0.15, 0.2) is 11.0 Å². The van der Waals surface area contributed by atoms with E-state index in [0.29, 0.717) is 5.56 Å². The summed E-state index contributed by atoms with van der Waals surface area (Å²) in [4.78, 5) is 16.1. The van der Waals surface area contributed by atoms with Crippen molar-refractivity contribution in [2.75, 3.05) is 18.8 Å². The summed E-state index contributed by atoms with van der Waals surface area (Å²) in [6.45, 7) is 1.59. The van der Waals surface area contributed by atoms with E-state index in [1.165, 1.54) is 17.8 Å². The maximum atomic E-state index is 11.9. The van der Waals surface area contributed by atoms with Crippen LogP contribution in [0.3, 0.4) is 0 Å². The van der Waals surface area contributed by atoms with Crippen molar-refractivity contribution in [3.8, 4) is 5.75 Å². The van der Waals surface area contributed by atoms with Crippen LogP contribution in [0.25, 0.3) is 0 Å². The molecule has 0 unspecified atom stereocenters. The molecule has 0 radical (unpaired) electrons. The van der Waals surface area contributed by atoms with E-state index >= 15 is 0 Å². The van der Waals surface area contributed by atoms with E-state index < -0.39 is 0 Å². The molecule has 18 heavy (non-hydrogen) atoms. The zero-order valence-corrected chi connectivity index (χ0v) is 12.6. The Labute approximate surface area is 124 Å². The van der Waals surface area contributed by atoms with E-state index in [-0.39, 0.29) is 29.7 Å².